The summed E-state index contributed by atoms with van der Waals surface area (Å²) < 4.78 is 20.5. The highest BCUT2D eigenvalue weighted by molar-refractivity contribution is 6.52. The van der Waals surface area contributed by atoms with E-state index in [-0.39, 0.29) is 22.8 Å². The third kappa shape index (κ3) is 5.45. The Kier molecular flexibility index (Phi) is 8.06. The normalized spacial score (nSPS) is 18.7. The molecule has 5 rings (SSSR count). The van der Waals surface area contributed by atoms with Gasteiger partial charge in [-0.25, -0.2) is 4.39 Å². The minimum absolute atomic E-state index is 0.0465. The Morgan fingerprint density at radius 3 is 2.51 bits per heavy atom. The molecule has 0 aliphatic heterocycles. The molecule has 0 bridgehead atoms. The third-order valence-corrected chi connectivity index (χ3v) is 8.67. The molecule has 3 aromatic rings. The van der Waals surface area contributed by atoms with Crippen molar-refractivity contribution in [1.29, 1.82) is 0 Å². The van der Waals surface area contributed by atoms with E-state index < -0.39 is 0 Å². The molecule has 2 aliphatic carbocycles. The number of ether oxygens (including phenoxy) is 1. The zero-order valence-electron chi connectivity index (χ0n) is 23.0. The molecule has 1 saturated carbocycles. The van der Waals surface area contributed by atoms with Crippen LogP contribution in [0.5, 0.6) is 5.75 Å². The largest absolute Gasteiger partial charge is 0.496 e. The first kappa shape index (κ1) is 27.4. The van der Waals surface area contributed by atoms with Gasteiger partial charge in [0.05, 0.1) is 12.1 Å². The number of nitrogens with one attached hydrogen (secondary N) is 1. The molecule has 1 heterocycles. The Morgan fingerprint density at radius 1 is 1.10 bits per heavy atom. The SMILES string of the molecule is CN[C@H]1CC[C@@H](N(Cc2cc(-c3ccnc(C)c3)ccc2OC)C(=O)C2=C(Cl)c3c(F)ccc(C)c3C2)CC1. The zero-order chi connectivity index (χ0) is 27.7. The van der Waals surface area contributed by atoms with E-state index in [1.807, 2.05) is 50.1 Å². The second-order valence-electron chi connectivity index (χ2n) is 10.6. The lowest BCUT2D eigenvalue weighted by atomic mass is 9.89. The summed E-state index contributed by atoms with van der Waals surface area (Å²) in [5.41, 5.74) is 6.52. The van der Waals surface area contributed by atoms with Gasteiger partial charge < -0.3 is 15.0 Å². The molecule has 1 N–H and O–H groups in total. The van der Waals surface area contributed by atoms with E-state index in [1.165, 1.54) is 6.07 Å². The average molecular weight is 548 g/mol. The fraction of sp³-hybridized carbons (Fsp3) is 0.375. The van der Waals surface area contributed by atoms with Gasteiger partial charge in [-0.1, -0.05) is 23.7 Å². The molecule has 204 valence electrons. The van der Waals surface area contributed by atoms with E-state index in [9.17, 15) is 9.18 Å². The Balaban J connectivity index is 1.52. The van der Waals surface area contributed by atoms with Gasteiger partial charge in [-0.15, -0.1) is 0 Å². The number of halogens is 2. The second-order valence-corrected chi connectivity index (χ2v) is 11.0. The summed E-state index contributed by atoms with van der Waals surface area (Å²) in [6, 6.07) is 13.8. The summed E-state index contributed by atoms with van der Waals surface area (Å²) in [6.45, 7) is 4.28. The number of benzene rings is 2. The molecule has 7 heteroatoms. The molecule has 0 atom stereocenters. The highest BCUT2D eigenvalue weighted by atomic mass is 35.5. The van der Waals surface area contributed by atoms with Gasteiger partial charge in [0.2, 0.25) is 0 Å². The molecule has 0 spiro atoms. The molecule has 5 nitrogen and oxygen atoms in total. The third-order valence-electron chi connectivity index (χ3n) is 8.25. The van der Waals surface area contributed by atoms with Gasteiger partial charge >= 0.3 is 0 Å². The van der Waals surface area contributed by atoms with Crippen LogP contribution in [-0.2, 0) is 17.8 Å². The van der Waals surface area contributed by atoms with Crippen molar-refractivity contribution in [2.75, 3.05) is 14.2 Å². The number of hydrogen-bond donors (Lipinski definition) is 1. The predicted octanol–water partition coefficient (Wildman–Crippen LogP) is 6.58. The van der Waals surface area contributed by atoms with Crippen LogP contribution < -0.4 is 10.1 Å². The molecule has 0 radical (unpaired) electrons. The van der Waals surface area contributed by atoms with E-state index in [0.717, 1.165) is 64.9 Å². The number of pyridine rings is 1. The van der Waals surface area contributed by atoms with Crippen LogP contribution in [0.4, 0.5) is 4.39 Å². The lowest BCUT2D eigenvalue weighted by Gasteiger charge is -2.37. The Labute approximate surface area is 235 Å². The maximum absolute atomic E-state index is 14.8. The molecule has 1 amide bonds. The number of carbonyl (C=O) groups excluding carboxylic acids is 1. The Bertz CT molecular complexity index is 1430. The molecule has 1 fully saturated rings. The summed E-state index contributed by atoms with van der Waals surface area (Å²) in [6.07, 6.45) is 5.88. The molecular weight excluding hydrogens is 513 g/mol. The highest BCUT2D eigenvalue weighted by Gasteiger charge is 2.35. The van der Waals surface area contributed by atoms with Crippen molar-refractivity contribution in [2.45, 2.75) is 64.6 Å². The second kappa shape index (κ2) is 11.5. The fourth-order valence-electron chi connectivity index (χ4n) is 5.97. The quantitative estimate of drug-likeness (QED) is 0.363. The first-order valence-electron chi connectivity index (χ1n) is 13.6. The monoisotopic (exact) mass is 547 g/mol. The highest BCUT2D eigenvalue weighted by Crippen LogP contribution is 2.41. The van der Waals surface area contributed by atoms with Crippen molar-refractivity contribution in [1.82, 2.24) is 15.2 Å². The fourth-order valence-corrected chi connectivity index (χ4v) is 6.32. The van der Waals surface area contributed by atoms with Crippen molar-refractivity contribution in [3.05, 3.63) is 88.0 Å². The molecule has 2 aromatic carbocycles. The van der Waals surface area contributed by atoms with Crippen molar-refractivity contribution in [3.63, 3.8) is 0 Å². The van der Waals surface area contributed by atoms with Crippen LogP contribution >= 0.6 is 11.6 Å². The van der Waals surface area contributed by atoms with Crippen molar-refractivity contribution in [2.24, 2.45) is 0 Å². The predicted molar refractivity (Wildman–Crippen MR) is 154 cm³/mol. The number of aromatic nitrogens is 1. The number of amides is 1. The standard InChI is InChI=1S/C32H35ClFN3O2/c1-19-5-11-28(34)30-26(19)17-27(31(30)33)32(38)37(25-9-7-24(35-3)8-10-25)18-23-16-21(6-12-29(23)39-4)22-13-14-36-20(2)15-22/h5-6,11-16,24-25,35H,7-10,17-18H2,1-4H3/t24-,25+. The number of hydrogen-bond acceptors (Lipinski definition) is 4. The Morgan fingerprint density at radius 2 is 1.85 bits per heavy atom. The van der Waals surface area contributed by atoms with Crippen LogP contribution in [0.25, 0.3) is 16.2 Å². The number of rotatable bonds is 7. The van der Waals surface area contributed by atoms with Gasteiger partial charge in [0.1, 0.15) is 11.6 Å². The minimum Gasteiger partial charge on any atom is -0.496 e. The summed E-state index contributed by atoms with van der Waals surface area (Å²) in [5, 5.41) is 3.61. The minimum atomic E-state index is -0.383. The molecule has 0 saturated heterocycles. The smallest absolute Gasteiger partial charge is 0.252 e. The van der Waals surface area contributed by atoms with Crippen molar-refractivity contribution < 1.29 is 13.9 Å². The van der Waals surface area contributed by atoms with Crippen LogP contribution in [0, 0.1) is 19.7 Å². The van der Waals surface area contributed by atoms with Gasteiger partial charge in [-0.05, 0) is 99.2 Å². The summed E-state index contributed by atoms with van der Waals surface area (Å²) >= 11 is 6.74. The van der Waals surface area contributed by atoms with Crippen molar-refractivity contribution in [3.8, 4) is 16.9 Å². The molecular formula is C32H35ClFN3O2. The lowest BCUT2D eigenvalue weighted by Crippen LogP contribution is -2.45. The topological polar surface area (TPSA) is 54.5 Å². The van der Waals surface area contributed by atoms with Crippen molar-refractivity contribution >= 4 is 22.5 Å². The maximum Gasteiger partial charge on any atom is 0.252 e. The number of carbonyl (C=O) groups is 1. The maximum atomic E-state index is 14.8. The molecule has 1 aromatic heterocycles. The van der Waals surface area contributed by atoms with Crippen LogP contribution in [0.1, 0.15) is 53.6 Å². The van der Waals surface area contributed by atoms with E-state index >= 15 is 0 Å². The molecule has 39 heavy (non-hydrogen) atoms. The van der Waals surface area contributed by atoms with Crippen LogP contribution in [0.15, 0.2) is 54.2 Å². The van der Waals surface area contributed by atoms with E-state index in [2.05, 4.69) is 16.4 Å². The first-order chi connectivity index (χ1) is 18.8. The van der Waals surface area contributed by atoms with Crippen LogP contribution in [-0.4, -0.2) is 42.0 Å². The summed E-state index contributed by atoms with van der Waals surface area (Å²) in [5.74, 6) is 0.213. The van der Waals surface area contributed by atoms with Gasteiger partial charge in [0.15, 0.2) is 0 Å². The van der Waals surface area contributed by atoms with Gasteiger partial charge in [-0.2, -0.15) is 0 Å². The first-order valence-corrected chi connectivity index (χ1v) is 13.9. The van der Waals surface area contributed by atoms with Crippen LogP contribution in [0.2, 0.25) is 0 Å². The van der Waals surface area contributed by atoms with E-state index in [1.54, 1.807) is 19.4 Å². The number of nitrogens with zero attached hydrogens (tertiary/aromatic N) is 2. The number of fused-ring (bicyclic) bond motifs is 1. The molecule has 0 unspecified atom stereocenters. The zero-order valence-corrected chi connectivity index (χ0v) is 23.7. The van der Waals surface area contributed by atoms with Gasteiger partial charge in [-0.3, -0.25) is 9.78 Å². The van der Waals surface area contributed by atoms with E-state index in [4.69, 9.17) is 16.3 Å². The summed E-state index contributed by atoms with van der Waals surface area (Å²) in [4.78, 5) is 20.6. The van der Waals surface area contributed by atoms with Gasteiger partial charge in [0, 0.05) is 53.6 Å². The number of aryl methyl sites for hydroxylation is 2. The van der Waals surface area contributed by atoms with Crippen LogP contribution in [0.3, 0.4) is 0 Å². The average Bonchev–Trinajstić information content (AvgIpc) is 3.31. The lowest BCUT2D eigenvalue weighted by molar-refractivity contribution is -0.130. The molecule has 2 aliphatic rings. The number of methoxy groups -OCH3 is 1. The Hall–Kier alpha value is -3.22. The van der Waals surface area contributed by atoms with E-state index in [0.29, 0.717) is 30.1 Å². The summed E-state index contributed by atoms with van der Waals surface area (Å²) in [7, 11) is 3.64. The van der Waals surface area contributed by atoms with Gasteiger partial charge in [0.25, 0.3) is 5.91 Å².